The number of aliphatic hydroxyl groups excluding tert-OH is 1. The average Bonchev–Trinajstić information content (AvgIpc) is 3.49. The number of fused-ring (bicyclic) bond motifs is 1. The maximum absolute atomic E-state index is 13.3. The second-order valence-electron chi connectivity index (χ2n) is 8.01. The third-order valence-corrected chi connectivity index (χ3v) is 8.40. The zero-order chi connectivity index (χ0) is 21.4. The van der Waals surface area contributed by atoms with Crippen LogP contribution in [0.3, 0.4) is 0 Å². The Kier molecular flexibility index (Phi) is 5.25. The summed E-state index contributed by atoms with van der Waals surface area (Å²) in [5.41, 5.74) is 3.09. The predicted octanol–water partition coefficient (Wildman–Crippen LogP) is 2.47. The van der Waals surface area contributed by atoms with Crippen LogP contribution in [-0.4, -0.2) is 46.1 Å². The minimum Gasteiger partial charge on any atom is -0.432 e. The van der Waals surface area contributed by atoms with E-state index >= 15 is 0 Å². The molecule has 0 spiro atoms. The van der Waals surface area contributed by atoms with Crippen molar-refractivity contribution in [3.05, 3.63) is 77.4 Å². The van der Waals surface area contributed by atoms with Crippen molar-refractivity contribution in [1.82, 2.24) is 14.3 Å². The van der Waals surface area contributed by atoms with Crippen molar-refractivity contribution < 1.29 is 17.9 Å². The summed E-state index contributed by atoms with van der Waals surface area (Å²) in [4.78, 5) is 10.5. The number of hydrogen-bond acceptors (Lipinski definition) is 7. The number of nitrogens with zero attached hydrogens (tertiary/aromatic N) is 4. The Balaban J connectivity index is 1.28. The molecule has 3 aromatic rings. The molecule has 2 aliphatic heterocycles. The molecule has 9 heteroatoms. The predicted molar refractivity (Wildman–Crippen MR) is 115 cm³/mol. The molecule has 0 saturated carbocycles. The molecule has 1 unspecified atom stereocenters. The number of aliphatic hydroxyl groups is 1. The van der Waals surface area contributed by atoms with Gasteiger partial charge in [0.15, 0.2) is 0 Å². The van der Waals surface area contributed by atoms with E-state index in [0.29, 0.717) is 50.7 Å². The molecule has 162 valence electrons. The molecule has 0 amide bonds. The van der Waals surface area contributed by atoms with E-state index in [0.717, 1.165) is 16.7 Å². The highest BCUT2D eigenvalue weighted by Crippen LogP contribution is 2.32. The maximum atomic E-state index is 13.3. The third kappa shape index (κ3) is 3.84. The molecular formula is C22H24N4O4S. The summed E-state index contributed by atoms with van der Waals surface area (Å²) in [6.45, 7) is 1.83. The van der Waals surface area contributed by atoms with E-state index in [1.807, 2.05) is 41.3 Å². The molecule has 0 bridgehead atoms. The molecule has 1 aromatic carbocycles. The lowest BCUT2D eigenvalue weighted by Gasteiger charge is -2.32. The minimum absolute atomic E-state index is 0.314. The maximum Gasteiger partial charge on any atom is 0.297 e. The molecule has 1 atom stereocenters. The van der Waals surface area contributed by atoms with Gasteiger partial charge in [-0.1, -0.05) is 30.3 Å². The lowest BCUT2D eigenvalue weighted by atomic mass is 10.0. The number of piperidine rings is 1. The molecule has 0 aliphatic carbocycles. The van der Waals surface area contributed by atoms with Crippen LogP contribution in [0, 0.1) is 0 Å². The van der Waals surface area contributed by atoms with Crippen LogP contribution in [0.2, 0.25) is 0 Å². The van der Waals surface area contributed by atoms with Gasteiger partial charge in [-0.05, 0) is 35.6 Å². The van der Waals surface area contributed by atoms with Gasteiger partial charge in [0.2, 0.25) is 10.0 Å². The van der Waals surface area contributed by atoms with Crippen molar-refractivity contribution in [2.75, 3.05) is 18.0 Å². The lowest BCUT2D eigenvalue weighted by Crippen LogP contribution is -2.44. The summed E-state index contributed by atoms with van der Waals surface area (Å²) < 4.78 is 33.4. The summed E-state index contributed by atoms with van der Waals surface area (Å²) in [6, 6.07) is 11.7. The number of aromatic nitrogens is 2. The van der Waals surface area contributed by atoms with Crippen molar-refractivity contribution >= 4 is 16.0 Å². The molecule has 1 fully saturated rings. The number of sulfonamides is 1. The van der Waals surface area contributed by atoms with Gasteiger partial charge < -0.3 is 14.4 Å². The van der Waals surface area contributed by atoms with Gasteiger partial charge in [0.25, 0.3) is 6.01 Å². The van der Waals surface area contributed by atoms with Crippen LogP contribution in [0.1, 0.15) is 41.3 Å². The second-order valence-corrected chi connectivity index (χ2v) is 10.2. The van der Waals surface area contributed by atoms with Gasteiger partial charge in [-0.2, -0.15) is 4.31 Å². The van der Waals surface area contributed by atoms with Gasteiger partial charge in [0.1, 0.15) is 12.4 Å². The summed E-state index contributed by atoms with van der Waals surface area (Å²) >= 11 is 0. The van der Waals surface area contributed by atoms with Crippen LogP contribution >= 0.6 is 0 Å². The highest BCUT2D eigenvalue weighted by molar-refractivity contribution is 7.89. The highest BCUT2D eigenvalue weighted by Gasteiger charge is 2.38. The number of benzene rings is 1. The molecule has 4 heterocycles. The van der Waals surface area contributed by atoms with Gasteiger partial charge in [0.05, 0.1) is 17.1 Å². The fraction of sp³-hybridized carbons (Fsp3) is 0.364. The molecule has 1 N–H and O–H groups in total. The second kappa shape index (κ2) is 8.07. The van der Waals surface area contributed by atoms with Crippen LogP contribution in [0.25, 0.3) is 0 Å². The molecule has 0 radical (unpaired) electrons. The summed E-state index contributed by atoms with van der Waals surface area (Å²) in [5, 5.41) is 10.2. The molecule has 5 rings (SSSR count). The lowest BCUT2D eigenvalue weighted by molar-refractivity contribution is 0.215. The van der Waals surface area contributed by atoms with Crippen molar-refractivity contribution in [3.63, 3.8) is 0 Å². The van der Waals surface area contributed by atoms with E-state index in [-0.39, 0.29) is 0 Å². The van der Waals surface area contributed by atoms with Crippen molar-refractivity contribution in [2.24, 2.45) is 0 Å². The van der Waals surface area contributed by atoms with E-state index in [1.54, 1.807) is 16.7 Å². The number of hydrogen-bond donors (Lipinski definition) is 1. The van der Waals surface area contributed by atoms with Crippen molar-refractivity contribution in [1.29, 1.82) is 0 Å². The van der Waals surface area contributed by atoms with Crippen molar-refractivity contribution in [2.45, 2.75) is 37.3 Å². The number of oxazole rings is 1. The van der Waals surface area contributed by atoms with E-state index in [4.69, 9.17) is 4.42 Å². The molecule has 31 heavy (non-hydrogen) atoms. The fourth-order valence-corrected chi connectivity index (χ4v) is 6.20. The monoisotopic (exact) mass is 440 g/mol. The average molecular weight is 441 g/mol. The smallest absolute Gasteiger partial charge is 0.297 e. The minimum atomic E-state index is -3.44. The number of rotatable bonds is 5. The van der Waals surface area contributed by atoms with Gasteiger partial charge in [0, 0.05) is 32.4 Å². The molecule has 2 aromatic heterocycles. The van der Waals surface area contributed by atoms with E-state index in [1.165, 1.54) is 6.26 Å². The zero-order valence-corrected chi connectivity index (χ0v) is 17.8. The molecule has 1 saturated heterocycles. The van der Waals surface area contributed by atoms with Gasteiger partial charge in [-0.3, -0.25) is 4.98 Å². The zero-order valence-electron chi connectivity index (χ0n) is 17.0. The number of pyridine rings is 1. The van der Waals surface area contributed by atoms with Crippen molar-refractivity contribution in [3.8, 4) is 0 Å². The van der Waals surface area contributed by atoms with Crippen LogP contribution in [-0.2, 0) is 23.1 Å². The SMILES string of the molecule is O=S(=O)(C1CCN(c2ncco2)CC1)N1Cc2cnc(C(O)c3ccccc3)cc2C1. The topological polar surface area (TPSA) is 99.8 Å². The van der Waals surface area contributed by atoms with Gasteiger partial charge >= 0.3 is 0 Å². The van der Waals surface area contributed by atoms with Gasteiger partial charge in [-0.25, -0.2) is 13.4 Å². The third-order valence-electron chi connectivity index (χ3n) is 6.11. The van der Waals surface area contributed by atoms with Crippen LogP contribution in [0.5, 0.6) is 0 Å². The quantitative estimate of drug-likeness (QED) is 0.651. The summed E-state index contributed by atoms with van der Waals surface area (Å²) in [5.74, 6) is 0. The standard InChI is InChI=1S/C22H24N4O4S/c27-21(16-4-2-1-3-5-16)20-12-17-14-26(15-18(17)13-24-20)31(28,29)19-6-9-25(10-7-19)22-23-8-11-30-22/h1-5,8,11-13,19,21,27H,6-7,9-10,14-15H2. The fourth-order valence-electron chi connectivity index (χ4n) is 4.33. The Hall–Kier alpha value is -2.75. The Morgan fingerprint density at radius 2 is 1.81 bits per heavy atom. The first-order chi connectivity index (χ1) is 15.0. The van der Waals surface area contributed by atoms with Gasteiger partial charge in [-0.15, -0.1) is 0 Å². The van der Waals surface area contributed by atoms with Crippen LogP contribution in [0.4, 0.5) is 6.01 Å². The van der Waals surface area contributed by atoms with Crippen LogP contribution in [0.15, 0.2) is 59.5 Å². The normalized spacial score (nSPS) is 18.8. The Bertz CT molecular complexity index is 1140. The first kappa shape index (κ1) is 20.2. The van der Waals surface area contributed by atoms with Crippen LogP contribution < -0.4 is 4.90 Å². The first-order valence-electron chi connectivity index (χ1n) is 10.4. The highest BCUT2D eigenvalue weighted by atomic mass is 32.2. The first-order valence-corrected chi connectivity index (χ1v) is 11.9. The van der Waals surface area contributed by atoms with E-state index < -0.39 is 21.4 Å². The molecule has 8 nitrogen and oxygen atoms in total. The Labute approximate surface area is 181 Å². The largest absolute Gasteiger partial charge is 0.432 e. The van der Waals surface area contributed by atoms with E-state index in [9.17, 15) is 13.5 Å². The Morgan fingerprint density at radius 3 is 2.52 bits per heavy atom. The van der Waals surface area contributed by atoms with E-state index in [2.05, 4.69) is 9.97 Å². The number of anilines is 1. The molecule has 2 aliphatic rings. The molecular weight excluding hydrogens is 416 g/mol. The summed E-state index contributed by atoms with van der Waals surface area (Å²) in [7, 11) is -3.44. The summed E-state index contributed by atoms with van der Waals surface area (Å²) in [6.07, 6.45) is 5.04. The Morgan fingerprint density at radius 1 is 1.06 bits per heavy atom.